The molecule has 6 heteroatoms. The van der Waals surface area contributed by atoms with E-state index in [1.165, 1.54) is 103 Å². The number of unbranched alkanes of at least 4 members (excludes halogenated alkanes) is 24. The van der Waals surface area contributed by atoms with Crippen LogP contribution in [-0.2, 0) is 28.6 Å². The van der Waals surface area contributed by atoms with Gasteiger partial charge in [-0.3, -0.25) is 14.4 Å². The van der Waals surface area contributed by atoms with Gasteiger partial charge in [-0.15, -0.1) is 0 Å². The Labute approximate surface area is 462 Å². The van der Waals surface area contributed by atoms with Crippen LogP contribution in [0.3, 0.4) is 0 Å². The van der Waals surface area contributed by atoms with Crippen molar-refractivity contribution in [3.8, 4) is 0 Å². The van der Waals surface area contributed by atoms with Crippen molar-refractivity contribution in [2.75, 3.05) is 13.2 Å². The highest BCUT2D eigenvalue weighted by atomic mass is 16.6. The molecule has 0 saturated heterocycles. The van der Waals surface area contributed by atoms with Gasteiger partial charge in [0.25, 0.3) is 0 Å². The highest BCUT2D eigenvalue weighted by molar-refractivity contribution is 5.71. The van der Waals surface area contributed by atoms with Gasteiger partial charge >= 0.3 is 17.9 Å². The molecule has 0 heterocycles. The number of rotatable bonds is 55. The average Bonchev–Trinajstić information content (AvgIpc) is 3.41. The summed E-state index contributed by atoms with van der Waals surface area (Å²) in [4.78, 5) is 38.3. The second-order valence-corrected chi connectivity index (χ2v) is 20.2. The summed E-state index contributed by atoms with van der Waals surface area (Å²) >= 11 is 0. The molecule has 0 fully saturated rings. The lowest BCUT2D eigenvalue weighted by molar-refractivity contribution is -0.167. The van der Waals surface area contributed by atoms with Crippen LogP contribution >= 0.6 is 0 Å². The number of hydrogen-bond donors (Lipinski definition) is 0. The average molecular weight is 1040 g/mol. The molecule has 0 radical (unpaired) electrons. The molecule has 0 N–H and O–H groups in total. The van der Waals surface area contributed by atoms with Crippen molar-refractivity contribution in [3.05, 3.63) is 122 Å². The third-order valence-electron chi connectivity index (χ3n) is 12.9. The lowest BCUT2D eigenvalue weighted by Crippen LogP contribution is -2.30. The van der Waals surface area contributed by atoms with Gasteiger partial charge in [-0.25, -0.2) is 0 Å². The fourth-order valence-corrected chi connectivity index (χ4v) is 8.34. The monoisotopic (exact) mass is 1040 g/mol. The summed E-state index contributed by atoms with van der Waals surface area (Å²) in [5.41, 5.74) is 0. The second-order valence-electron chi connectivity index (χ2n) is 20.2. The standard InChI is InChI=1S/C69H114O6/c1-4-7-10-13-16-19-22-25-28-31-33-34-36-38-41-44-47-50-53-56-59-62-68(71)74-65-66(64-73-67(70)61-58-55-52-49-46-43-40-37-30-27-24-21-18-15-12-9-6-3)75-69(72)63-60-57-54-51-48-45-42-39-35-32-29-26-23-20-17-14-11-8-5-2/h7,9-10,12,16-21,25-30,33-34,40,43,66H,4-6,8,11,13-15,22-24,31-32,35-39,41-42,44-65H2,1-3H3/b10-7-,12-9-,19-16-,20-17-,21-18-,28-25-,29-26-,30-27-,34-33-,43-40-. The predicted molar refractivity (Wildman–Crippen MR) is 325 cm³/mol. The van der Waals surface area contributed by atoms with E-state index in [2.05, 4.69) is 142 Å². The van der Waals surface area contributed by atoms with Crippen molar-refractivity contribution in [1.82, 2.24) is 0 Å². The zero-order valence-electron chi connectivity index (χ0n) is 48.8. The predicted octanol–water partition coefficient (Wildman–Crippen LogP) is 21.2. The van der Waals surface area contributed by atoms with E-state index < -0.39 is 6.10 Å². The molecule has 0 amide bonds. The maximum Gasteiger partial charge on any atom is 0.306 e. The van der Waals surface area contributed by atoms with Gasteiger partial charge in [-0.2, -0.15) is 0 Å². The third-order valence-corrected chi connectivity index (χ3v) is 12.9. The van der Waals surface area contributed by atoms with Crippen LogP contribution in [0.5, 0.6) is 0 Å². The molecule has 0 bridgehead atoms. The lowest BCUT2D eigenvalue weighted by atomic mass is 10.1. The fourth-order valence-electron chi connectivity index (χ4n) is 8.34. The Bertz CT molecular complexity index is 1570. The van der Waals surface area contributed by atoms with Gasteiger partial charge in [-0.05, 0) is 128 Å². The molecule has 0 saturated carbocycles. The highest BCUT2D eigenvalue weighted by Crippen LogP contribution is 2.15. The van der Waals surface area contributed by atoms with Gasteiger partial charge in [0.2, 0.25) is 0 Å². The Morgan fingerprint density at radius 3 is 0.813 bits per heavy atom. The Hall–Kier alpha value is -4.19. The van der Waals surface area contributed by atoms with Gasteiger partial charge in [-0.1, -0.05) is 251 Å². The molecule has 0 aliphatic carbocycles. The first-order valence-corrected chi connectivity index (χ1v) is 31.0. The first kappa shape index (κ1) is 70.8. The first-order valence-electron chi connectivity index (χ1n) is 31.0. The molecule has 75 heavy (non-hydrogen) atoms. The summed E-state index contributed by atoms with van der Waals surface area (Å²) in [6.45, 7) is 6.37. The molecule has 0 rings (SSSR count). The number of esters is 3. The molecule has 1 atom stereocenters. The molecule has 426 valence electrons. The zero-order valence-corrected chi connectivity index (χ0v) is 48.8. The van der Waals surface area contributed by atoms with Gasteiger partial charge in [0, 0.05) is 19.3 Å². The Morgan fingerprint density at radius 2 is 0.520 bits per heavy atom. The number of hydrogen-bond acceptors (Lipinski definition) is 6. The summed E-state index contributed by atoms with van der Waals surface area (Å²) in [7, 11) is 0. The van der Waals surface area contributed by atoms with E-state index in [-0.39, 0.29) is 31.1 Å². The summed E-state index contributed by atoms with van der Waals surface area (Å²) in [5.74, 6) is -0.926. The molecule has 0 aromatic carbocycles. The van der Waals surface area contributed by atoms with Gasteiger partial charge in [0.1, 0.15) is 13.2 Å². The van der Waals surface area contributed by atoms with Gasteiger partial charge < -0.3 is 14.2 Å². The zero-order chi connectivity index (χ0) is 54.3. The smallest absolute Gasteiger partial charge is 0.306 e. The van der Waals surface area contributed by atoms with Crippen LogP contribution in [0.1, 0.15) is 278 Å². The minimum atomic E-state index is -0.799. The fraction of sp³-hybridized carbons (Fsp3) is 0.667. The minimum Gasteiger partial charge on any atom is -0.462 e. The molecule has 0 spiro atoms. The molecule has 0 aliphatic rings. The molecular weight excluding hydrogens is 925 g/mol. The number of carbonyl (C=O) groups excluding carboxylic acids is 3. The molecular formula is C69H114O6. The third kappa shape index (κ3) is 60.6. The highest BCUT2D eigenvalue weighted by Gasteiger charge is 2.19. The Kier molecular flexibility index (Phi) is 58.9. The van der Waals surface area contributed by atoms with Crippen LogP contribution in [0.15, 0.2) is 122 Å². The topological polar surface area (TPSA) is 78.9 Å². The van der Waals surface area contributed by atoms with E-state index in [1.54, 1.807) is 0 Å². The van der Waals surface area contributed by atoms with E-state index in [9.17, 15) is 14.4 Å². The number of allylic oxidation sites excluding steroid dienone is 20. The SMILES string of the molecule is CC/C=C\C/C=C\C/C=C\C/C=C\CCCCCCCCCCC(=O)OCC(COC(=O)CCCCCC/C=C\C/C=C\C/C=C\C/C=C\CC)OC(=O)CCCCCCCCCCC/C=C\C/C=C\CCCCC. The maximum absolute atomic E-state index is 12.9. The van der Waals surface area contributed by atoms with Crippen LogP contribution in [0, 0.1) is 0 Å². The number of carbonyl (C=O) groups is 3. The van der Waals surface area contributed by atoms with E-state index >= 15 is 0 Å². The van der Waals surface area contributed by atoms with Crippen molar-refractivity contribution in [2.45, 2.75) is 284 Å². The second kappa shape index (κ2) is 62.4. The van der Waals surface area contributed by atoms with E-state index in [0.717, 1.165) is 135 Å². The van der Waals surface area contributed by atoms with Crippen LogP contribution in [0.25, 0.3) is 0 Å². The summed E-state index contributed by atoms with van der Waals surface area (Å²) in [6, 6.07) is 0. The van der Waals surface area contributed by atoms with Crippen LogP contribution in [0.2, 0.25) is 0 Å². The number of ether oxygens (including phenoxy) is 3. The van der Waals surface area contributed by atoms with Gasteiger partial charge in [0.15, 0.2) is 6.10 Å². The quantitative estimate of drug-likeness (QED) is 0.0261. The largest absolute Gasteiger partial charge is 0.462 e. The minimum absolute atomic E-state index is 0.0944. The van der Waals surface area contributed by atoms with E-state index in [1.807, 2.05) is 0 Å². The Balaban J connectivity index is 4.45. The summed E-state index contributed by atoms with van der Waals surface area (Å²) in [6.07, 6.45) is 86.2. The van der Waals surface area contributed by atoms with Crippen LogP contribution in [0.4, 0.5) is 0 Å². The van der Waals surface area contributed by atoms with E-state index in [0.29, 0.717) is 19.3 Å². The normalized spacial score (nSPS) is 12.9. The molecule has 0 aromatic rings. The van der Waals surface area contributed by atoms with Crippen LogP contribution in [-0.4, -0.2) is 37.2 Å². The van der Waals surface area contributed by atoms with Crippen molar-refractivity contribution in [3.63, 3.8) is 0 Å². The van der Waals surface area contributed by atoms with Crippen molar-refractivity contribution in [1.29, 1.82) is 0 Å². The molecule has 0 aromatic heterocycles. The van der Waals surface area contributed by atoms with Crippen molar-refractivity contribution >= 4 is 17.9 Å². The summed E-state index contributed by atoms with van der Waals surface area (Å²) in [5, 5.41) is 0. The molecule has 0 aliphatic heterocycles. The maximum atomic E-state index is 12.9. The molecule has 6 nitrogen and oxygen atoms in total. The van der Waals surface area contributed by atoms with Crippen molar-refractivity contribution < 1.29 is 28.6 Å². The van der Waals surface area contributed by atoms with Crippen molar-refractivity contribution in [2.24, 2.45) is 0 Å². The summed E-state index contributed by atoms with van der Waals surface area (Å²) < 4.78 is 16.9. The van der Waals surface area contributed by atoms with Gasteiger partial charge in [0.05, 0.1) is 0 Å². The lowest BCUT2D eigenvalue weighted by Gasteiger charge is -2.18. The van der Waals surface area contributed by atoms with Crippen LogP contribution < -0.4 is 0 Å². The van der Waals surface area contributed by atoms with E-state index in [4.69, 9.17) is 14.2 Å². The molecule has 1 unspecified atom stereocenters. The Morgan fingerprint density at radius 1 is 0.280 bits per heavy atom. The first-order chi connectivity index (χ1) is 37.0.